The van der Waals surface area contributed by atoms with E-state index in [4.69, 9.17) is 11.6 Å². The SMILES string of the molecule is OCC1(NCc2ccc(Cl)c(F)c2)CCc2ccccc21. The van der Waals surface area contributed by atoms with Gasteiger partial charge < -0.3 is 10.4 Å². The van der Waals surface area contributed by atoms with Crippen LogP contribution in [0.3, 0.4) is 0 Å². The number of hydrogen-bond donors (Lipinski definition) is 2. The Morgan fingerprint density at radius 2 is 2.05 bits per heavy atom. The predicted octanol–water partition coefficient (Wildman–Crippen LogP) is 3.40. The molecule has 0 saturated carbocycles. The van der Waals surface area contributed by atoms with Gasteiger partial charge in [-0.15, -0.1) is 0 Å². The maximum Gasteiger partial charge on any atom is 0.142 e. The fraction of sp³-hybridized carbons (Fsp3) is 0.294. The van der Waals surface area contributed by atoms with Gasteiger partial charge in [-0.3, -0.25) is 0 Å². The van der Waals surface area contributed by atoms with Crippen LogP contribution in [-0.4, -0.2) is 11.7 Å². The lowest BCUT2D eigenvalue weighted by Crippen LogP contribution is -2.43. The van der Waals surface area contributed by atoms with Crippen LogP contribution in [0.15, 0.2) is 42.5 Å². The van der Waals surface area contributed by atoms with Crippen molar-refractivity contribution in [1.82, 2.24) is 5.32 Å². The highest BCUT2D eigenvalue weighted by Crippen LogP contribution is 2.36. The van der Waals surface area contributed by atoms with Crippen molar-refractivity contribution < 1.29 is 9.50 Å². The Kier molecular flexibility index (Phi) is 3.98. The Balaban J connectivity index is 1.81. The zero-order valence-electron chi connectivity index (χ0n) is 11.6. The molecule has 110 valence electrons. The molecule has 2 aromatic rings. The van der Waals surface area contributed by atoms with E-state index in [-0.39, 0.29) is 11.6 Å². The summed E-state index contributed by atoms with van der Waals surface area (Å²) in [6, 6.07) is 12.9. The minimum absolute atomic E-state index is 0.0279. The highest BCUT2D eigenvalue weighted by molar-refractivity contribution is 6.30. The third-order valence-corrected chi connectivity index (χ3v) is 4.55. The van der Waals surface area contributed by atoms with Gasteiger partial charge in [0.25, 0.3) is 0 Å². The number of aliphatic hydroxyl groups is 1. The lowest BCUT2D eigenvalue weighted by molar-refractivity contribution is 0.159. The number of nitrogens with one attached hydrogen (secondary N) is 1. The van der Waals surface area contributed by atoms with Crippen LogP contribution in [0.1, 0.15) is 23.1 Å². The van der Waals surface area contributed by atoms with Gasteiger partial charge >= 0.3 is 0 Å². The third kappa shape index (κ3) is 2.69. The molecule has 1 unspecified atom stereocenters. The minimum Gasteiger partial charge on any atom is -0.394 e. The summed E-state index contributed by atoms with van der Waals surface area (Å²) in [4.78, 5) is 0. The molecular weight excluding hydrogens is 289 g/mol. The maximum absolute atomic E-state index is 13.5. The summed E-state index contributed by atoms with van der Waals surface area (Å²) in [6.45, 7) is 0.517. The van der Waals surface area contributed by atoms with Crippen molar-refractivity contribution in [2.24, 2.45) is 0 Å². The topological polar surface area (TPSA) is 32.3 Å². The molecule has 21 heavy (non-hydrogen) atoms. The van der Waals surface area contributed by atoms with Gasteiger partial charge in [0.05, 0.1) is 17.2 Å². The molecule has 2 N–H and O–H groups in total. The number of aryl methyl sites for hydroxylation is 1. The van der Waals surface area contributed by atoms with E-state index < -0.39 is 11.4 Å². The van der Waals surface area contributed by atoms with E-state index in [1.807, 2.05) is 18.2 Å². The predicted molar refractivity (Wildman–Crippen MR) is 81.8 cm³/mol. The molecular formula is C17H17ClFNO. The molecule has 0 spiro atoms. The molecule has 0 heterocycles. The highest BCUT2D eigenvalue weighted by atomic mass is 35.5. The molecule has 1 atom stereocenters. The van der Waals surface area contributed by atoms with E-state index in [1.54, 1.807) is 12.1 Å². The standard InChI is InChI=1S/C17H17ClFNO/c18-15-6-5-12(9-16(15)19)10-20-17(11-21)8-7-13-3-1-2-4-14(13)17/h1-6,9,20-21H,7-8,10-11H2. The van der Waals surface area contributed by atoms with Gasteiger partial charge in [0.2, 0.25) is 0 Å². The van der Waals surface area contributed by atoms with Crippen LogP contribution in [0.2, 0.25) is 5.02 Å². The van der Waals surface area contributed by atoms with E-state index >= 15 is 0 Å². The van der Waals surface area contributed by atoms with Gasteiger partial charge in [-0.05, 0) is 41.7 Å². The minimum atomic E-state index is -0.438. The summed E-state index contributed by atoms with van der Waals surface area (Å²) < 4.78 is 13.5. The van der Waals surface area contributed by atoms with E-state index in [0.29, 0.717) is 6.54 Å². The molecule has 0 radical (unpaired) electrons. The summed E-state index contributed by atoms with van der Waals surface area (Å²) >= 11 is 5.69. The molecule has 1 aliphatic rings. The molecule has 2 nitrogen and oxygen atoms in total. The van der Waals surface area contributed by atoms with Gasteiger partial charge in [0.1, 0.15) is 5.82 Å². The molecule has 0 saturated heterocycles. The lowest BCUT2D eigenvalue weighted by atomic mass is 9.92. The number of aliphatic hydroxyl groups excluding tert-OH is 1. The molecule has 1 aliphatic carbocycles. The van der Waals surface area contributed by atoms with Crippen molar-refractivity contribution in [1.29, 1.82) is 0 Å². The summed E-state index contributed by atoms with van der Waals surface area (Å²) in [7, 11) is 0. The average Bonchev–Trinajstić information content (AvgIpc) is 2.88. The second kappa shape index (κ2) is 5.76. The van der Waals surface area contributed by atoms with Crippen LogP contribution in [0.4, 0.5) is 4.39 Å². The van der Waals surface area contributed by atoms with E-state index in [2.05, 4.69) is 11.4 Å². The quantitative estimate of drug-likeness (QED) is 0.907. The van der Waals surface area contributed by atoms with Gasteiger partial charge in [0, 0.05) is 6.54 Å². The Morgan fingerprint density at radius 3 is 2.81 bits per heavy atom. The van der Waals surface area contributed by atoms with Crippen molar-refractivity contribution >= 4 is 11.6 Å². The zero-order valence-corrected chi connectivity index (χ0v) is 12.3. The first-order valence-electron chi connectivity index (χ1n) is 7.03. The Bertz CT molecular complexity index is 661. The van der Waals surface area contributed by atoms with Crippen LogP contribution in [0.5, 0.6) is 0 Å². The van der Waals surface area contributed by atoms with Crippen LogP contribution in [-0.2, 0) is 18.5 Å². The second-order valence-corrected chi connectivity index (χ2v) is 5.91. The van der Waals surface area contributed by atoms with Gasteiger partial charge in [0.15, 0.2) is 0 Å². The molecule has 0 aliphatic heterocycles. The average molecular weight is 306 g/mol. The smallest absolute Gasteiger partial charge is 0.142 e. The van der Waals surface area contributed by atoms with Crippen molar-refractivity contribution in [3.8, 4) is 0 Å². The number of benzene rings is 2. The van der Waals surface area contributed by atoms with E-state index in [0.717, 1.165) is 24.0 Å². The molecule has 0 fully saturated rings. The van der Waals surface area contributed by atoms with Crippen LogP contribution < -0.4 is 5.32 Å². The van der Waals surface area contributed by atoms with E-state index in [1.165, 1.54) is 11.6 Å². The van der Waals surface area contributed by atoms with Gasteiger partial charge in [-0.2, -0.15) is 0 Å². The lowest BCUT2D eigenvalue weighted by Gasteiger charge is -2.30. The summed E-state index contributed by atoms with van der Waals surface area (Å²) in [5.41, 5.74) is 2.78. The molecule has 4 heteroatoms. The second-order valence-electron chi connectivity index (χ2n) is 5.50. The Morgan fingerprint density at radius 1 is 1.24 bits per heavy atom. The normalized spacial score (nSPS) is 20.5. The molecule has 0 amide bonds. The Labute approximate surface area is 128 Å². The summed E-state index contributed by atoms with van der Waals surface area (Å²) in [5, 5.41) is 13.4. The number of fused-ring (bicyclic) bond motifs is 1. The molecule has 3 rings (SSSR count). The zero-order chi connectivity index (χ0) is 14.9. The highest BCUT2D eigenvalue weighted by Gasteiger charge is 2.37. The van der Waals surface area contributed by atoms with Crippen molar-refractivity contribution in [2.75, 3.05) is 6.61 Å². The first-order chi connectivity index (χ1) is 10.1. The monoisotopic (exact) mass is 305 g/mol. The fourth-order valence-corrected chi connectivity index (χ4v) is 3.13. The van der Waals surface area contributed by atoms with Gasteiger partial charge in [-0.25, -0.2) is 4.39 Å². The van der Waals surface area contributed by atoms with Gasteiger partial charge in [-0.1, -0.05) is 41.9 Å². The largest absolute Gasteiger partial charge is 0.394 e. The van der Waals surface area contributed by atoms with Crippen LogP contribution in [0, 0.1) is 5.82 Å². The maximum atomic E-state index is 13.5. The molecule has 0 aromatic heterocycles. The van der Waals surface area contributed by atoms with Crippen molar-refractivity contribution in [2.45, 2.75) is 24.9 Å². The Hall–Kier alpha value is -1.42. The van der Waals surface area contributed by atoms with E-state index in [9.17, 15) is 9.50 Å². The van der Waals surface area contributed by atoms with Crippen molar-refractivity contribution in [3.05, 3.63) is 70.0 Å². The third-order valence-electron chi connectivity index (χ3n) is 4.24. The number of rotatable bonds is 4. The fourth-order valence-electron chi connectivity index (χ4n) is 3.01. The summed E-state index contributed by atoms with van der Waals surface area (Å²) in [6.07, 6.45) is 1.79. The van der Waals surface area contributed by atoms with Crippen LogP contribution in [0.25, 0.3) is 0 Å². The molecule has 2 aromatic carbocycles. The molecule has 0 bridgehead atoms. The summed E-state index contributed by atoms with van der Waals surface area (Å²) in [5.74, 6) is -0.416. The first-order valence-corrected chi connectivity index (χ1v) is 7.41. The van der Waals surface area contributed by atoms with Crippen LogP contribution >= 0.6 is 11.6 Å². The number of hydrogen-bond acceptors (Lipinski definition) is 2. The first kappa shape index (κ1) is 14.5. The number of halogens is 2. The van der Waals surface area contributed by atoms with Crippen molar-refractivity contribution in [3.63, 3.8) is 0 Å².